The van der Waals surface area contributed by atoms with Gasteiger partial charge in [-0.15, -0.1) is 0 Å². The molecule has 1 unspecified atom stereocenters. The number of hydrogen-bond donors (Lipinski definition) is 3. The molecule has 0 spiro atoms. The van der Waals surface area contributed by atoms with Crippen molar-refractivity contribution in [2.24, 2.45) is 41.4 Å². The Kier molecular flexibility index (Phi) is 21.8. The quantitative estimate of drug-likeness (QED) is 0.186. The summed E-state index contributed by atoms with van der Waals surface area (Å²) in [6.07, 6.45) is 18.4. The van der Waals surface area contributed by atoms with E-state index in [1.807, 2.05) is 39.0 Å². The smallest absolute Gasteiger partial charge is 0.329 e. The lowest BCUT2D eigenvalue weighted by molar-refractivity contribution is -0.166. The van der Waals surface area contributed by atoms with Gasteiger partial charge in [0, 0.05) is 38.3 Å². The number of cyclic esters (lactones) is 1. The van der Waals surface area contributed by atoms with E-state index >= 15 is 0 Å². The van der Waals surface area contributed by atoms with Gasteiger partial charge in [-0.05, 0) is 132 Å². The number of aliphatic hydroxyl groups is 3. The van der Waals surface area contributed by atoms with Crippen molar-refractivity contribution < 1.29 is 44.0 Å². The first-order valence-corrected chi connectivity index (χ1v) is 23.6. The van der Waals surface area contributed by atoms with Crippen LogP contribution in [0.25, 0.3) is 0 Å². The van der Waals surface area contributed by atoms with Crippen molar-refractivity contribution in [2.75, 3.05) is 13.7 Å². The van der Waals surface area contributed by atoms with Crippen LogP contribution in [0.2, 0.25) is 0 Å². The van der Waals surface area contributed by atoms with Crippen molar-refractivity contribution in [1.29, 1.82) is 0 Å². The summed E-state index contributed by atoms with van der Waals surface area (Å²) in [5.41, 5.74) is 0.369. The zero-order valence-corrected chi connectivity index (χ0v) is 39.4. The van der Waals surface area contributed by atoms with Crippen molar-refractivity contribution in [1.82, 2.24) is 4.90 Å². The number of carbonyl (C=O) groups excluding carboxylic acids is 4. The number of allylic oxidation sites excluding steroid dienone is 6. The average Bonchev–Trinajstić information content (AvgIpc) is 3.21. The second kappa shape index (κ2) is 25.4. The van der Waals surface area contributed by atoms with Crippen LogP contribution in [0.1, 0.15) is 159 Å². The van der Waals surface area contributed by atoms with Crippen molar-refractivity contribution in [2.45, 2.75) is 195 Å². The minimum Gasteiger partial charge on any atom is -0.460 e. The molecule has 0 aromatic heterocycles. The van der Waals surface area contributed by atoms with Gasteiger partial charge >= 0.3 is 5.97 Å². The van der Waals surface area contributed by atoms with Crippen LogP contribution in [0, 0.1) is 41.4 Å². The molecule has 61 heavy (non-hydrogen) atoms. The number of Topliss-reactive ketones (excluding diaryl/α,β-unsaturated/α-hetero) is 2. The number of ketones is 2. The summed E-state index contributed by atoms with van der Waals surface area (Å²) in [6.45, 7) is 17.8. The number of nitrogens with zero attached hydrogens (tertiary/aromatic N) is 1. The maximum Gasteiger partial charge on any atom is 0.329 e. The number of fused-ring (bicyclic) bond motifs is 1. The first-order chi connectivity index (χ1) is 28.7. The number of ether oxygens (including phenoxy) is 2. The molecular weight excluding hydrogens is 771 g/mol. The predicted molar refractivity (Wildman–Crippen MR) is 242 cm³/mol. The third-order valence-electron chi connectivity index (χ3n) is 14.2. The van der Waals surface area contributed by atoms with Crippen molar-refractivity contribution in [3.63, 3.8) is 0 Å². The Morgan fingerprint density at radius 3 is 2.21 bits per heavy atom. The van der Waals surface area contributed by atoms with Crippen LogP contribution in [0.5, 0.6) is 0 Å². The van der Waals surface area contributed by atoms with Gasteiger partial charge in [-0.3, -0.25) is 14.4 Å². The van der Waals surface area contributed by atoms with Gasteiger partial charge < -0.3 is 29.7 Å². The van der Waals surface area contributed by atoms with Gasteiger partial charge in [0.15, 0.2) is 0 Å². The zero-order valence-electron chi connectivity index (χ0n) is 39.4. The Morgan fingerprint density at radius 1 is 0.852 bits per heavy atom. The molecule has 2 heterocycles. The number of esters is 1. The lowest BCUT2D eigenvalue weighted by Gasteiger charge is -2.38. The van der Waals surface area contributed by atoms with Crippen LogP contribution in [-0.4, -0.2) is 93.4 Å². The lowest BCUT2D eigenvalue weighted by Crippen LogP contribution is -2.52. The van der Waals surface area contributed by atoms with Crippen LogP contribution < -0.4 is 0 Å². The molecular formula is C51H83NO9. The number of piperidine rings is 1. The van der Waals surface area contributed by atoms with Gasteiger partial charge in [0.2, 0.25) is 5.91 Å². The van der Waals surface area contributed by atoms with E-state index in [-0.39, 0.29) is 72.6 Å². The largest absolute Gasteiger partial charge is 0.460 e. The summed E-state index contributed by atoms with van der Waals surface area (Å²) in [7, 11) is 1.72. The van der Waals surface area contributed by atoms with Crippen LogP contribution in [0.3, 0.4) is 0 Å². The Bertz CT molecular complexity index is 1540. The van der Waals surface area contributed by atoms with Crippen LogP contribution in [0.4, 0.5) is 0 Å². The highest BCUT2D eigenvalue weighted by Crippen LogP contribution is 2.34. The van der Waals surface area contributed by atoms with Crippen molar-refractivity contribution >= 4 is 23.4 Å². The third-order valence-corrected chi connectivity index (χ3v) is 14.2. The molecule has 346 valence electrons. The molecule has 3 N–H and O–H groups in total. The highest BCUT2D eigenvalue weighted by molar-refractivity contribution is 5.86. The molecule has 10 nitrogen and oxygen atoms in total. The fourth-order valence-corrected chi connectivity index (χ4v) is 9.43. The molecule has 10 heteroatoms. The maximum atomic E-state index is 14.2. The number of rotatable bonds is 4. The molecule has 3 rings (SSSR count). The first kappa shape index (κ1) is 52.4. The molecule has 1 aliphatic carbocycles. The third kappa shape index (κ3) is 17.3. The highest BCUT2D eigenvalue weighted by Gasteiger charge is 2.40. The summed E-state index contributed by atoms with van der Waals surface area (Å²) >= 11 is 0. The topological polar surface area (TPSA) is 151 Å². The fourth-order valence-electron chi connectivity index (χ4n) is 9.43. The zero-order chi connectivity index (χ0) is 45.4. The van der Waals surface area contributed by atoms with Crippen LogP contribution in [-0.2, 0) is 28.7 Å². The number of carbonyl (C=O) groups is 4. The van der Waals surface area contributed by atoms with Gasteiger partial charge in [-0.1, -0.05) is 84.4 Å². The van der Waals surface area contributed by atoms with Crippen LogP contribution >= 0.6 is 0 Å². The van der Waals surface area contributed by atoms with E-state index in [0.717, 1.165) is 69.8 Å². The standard InChI is InChI=1S/C51H83NO9/c1-33-16-12-11-13-17-35(3)47(60-10)27-34(2)19-20-40(8)51(9,59)32-49(57)52-25-15-14-18-43(52)50(58)61-48(39(7)29-41-21-23-42(53)24-22-41)31-46(56)38(6)28-37(5)45(55)30-44(54)36(4)26-33/h11-13,16-17,28,33-34,36,38-43,45,47-48,53,55,59H,14-15,18-27,29-32H2,1-10H3/b13-11+,16-12+,35-17?,37-28+/t33-,34+,36-,38-,39-,40-,41?,42?,43?,45+,47+,48+,51-/m1/s1. The molecule has 11 atom stereocenters. The van der Waals surface area contributed by atoms with Gasteiger partial charge in [0.05, 0.1) is 30.3 Å². The van der Waals surface area contributed by atoms with Crippen LogP contribution in [0.15, 0.2) is 47.6 Å². The normalized spacial score (nSPS) is 38.4. The molecule has 0 bridgehead atoms. The summed E-state index contributed by atoms with van der Waals surface area (Å²) in [6, 6.07) is -0.808. The van der Waals surface area contributed by atoms with Gasteiger partial charge in [-0.2, -0.15) is 0 Å². The Morgan fingerprint density at radius 2 is 1.54 bits per heavy atom. The van der Waals surface area contributed by atoms with Gasteiger partial charge in [0.25, 0.3) is 0 Å². The van der Waals surface area contributed by atoms with E-state index < -0.39 is 35.7 Å². The van der Waals surface area contributed by atoms with E-state index in [1.54, 1.807) is 38.9 Å². The molecule has 0 radical (unpaired) electrons. The minimum atomic E-state index is -1.29. The SMILES string of the molecule is CO[C@H]1C[C@@H](C)CC[C@@H](C)[C@](C)(O)CC(=O)N2CCCCC2C(=O)O[C@H]([C@H](C)CC2CCC(O)CC2)CC(=O)[C@H](C)/C=C(\C)[C@@H](O)CC(=O)[C@H](C)C[C@H](C)/C=C/C=C/C=C1C. The molecule has 2 fully saturated rings. The predicted octanol–water partition coefficient (Wildman–Crippen LogP) is 9.05. The summed E-state index contributed by atoms with van der Waals surface area (Å²) in [4.78, 5) is 56.9. The second-order valence-corrected chi connectivity index (χ2v) is 19.9. The minimum absolute atomic E-state index is 0.0219. The Hall–Kier alpha value is -2.92. The maximum absolute atomic E-state index is 14.2. The molecule has 1 saturated heterocycles. The van der Waals surface area contributed by atoms with E-state index in [2.05, 4.69) is 32.9 Å². The average molecular weight is 854 g/mol. The van der Waals surface area contributed by atoms with E-state index in [0.29, 0.717) is 36.8 Å². The molecule has 0 aromatic carbocycles. The number of aliphatic hydroxyl groups excluding tert-OH is 2. The van der Waals surface area contributed by atoms with E-state index in [4.69, 9.17) is 9.47 Å². The summed E-state index contributed by atoms with van der Waals surface area (Å²) < 4.78 is 12.2. The first-order valence-electron chi connectivity index (χ1n) is 23.6. The van der Waals surface area contributed by atoms with Gasteiger partial charge in [0.1, 0.15) is 23.7 Å². The van der Waals surface area contributed by atoms with E-state index in [9.17, 15) is 34.5 Å². The number of methoxy groups -OCH3 is 1. The summed E-state index contributed by atoms with van der Waals surface area (Å²) in [5, 5.41) is 32.9. The van der Waals surface area contributed by atoms with Crippen molar-refractivity contribution in [3.05, 3.63) is 47.6 Å². The molecule has 2 aliphatic heterocycles. The number of amides is 1. The van der Waals surface area contributed by atoms with E-state index in [1.165, 1.54) is 0 Å². The molecule has 1 amide bonds. The molecule has 1 saturated carbocycles. The fraction of sp³-hybridized carbons (Fsp3) is 0.765. The molecule has 0 aromatic rings. The van der Waals surface area contributed by atoms with Gasteiger partial charge in [-0.25, -0.2) is 4.79 Å². The Balaban J connectivity index is 1.91. The second-order valence-electron chi connectivity index (χ2n) is 19.9. The van der Waals surface area contributed by atoms with Crippen molar-refractivity contribution in [3.8, 4) is 0 Å². The highest BCUT2D eigenvalue weighted by atomic mass is 16.5. The number of hydrogen-bond acceptors (Lipinski definition) is 9. The molecule has 3 aliphatic rings. The Labute approximate surface area is 368 Å². The monoisotopic (exact) mass is 854 g/mol. The summed E-state index contributed by atoms with van der Waals surface area (Å²) in [5.74, 6) is -1.36. The lowest BCUT2D eigenvalue weighted by atomic mass is 9.79.